The highest BCUT2D eigenvalue weighted by molar-refractivity contribution is 7.99. The molecule has 6 heteroatoms. The number of nitrogens with one attached hydrogen (secondary N) is 1. The molecular weight excluding hydrogens is 296 g/mol. The van der Waals surface area contributed by atoms with Gasteiger partial charge in [-0.3, -0.25) is 0 Å². The van der Waals surface area contributed by atoms with E-state index < -0.39 is 0 Å². The molecule has 0 spiro atoms. The third-order valence-corrected chi connectivity index (χ3v) is 4.33. The summed E-state index contributed by atoms with van der Waals surface area (Å²) in [4.78, 5) is 6.85. The minimum atomic E-state index is 0.500. The summed E-state index contributed by atoms with van der Waals surface area (Å²) in [6, 6.07) is 12.2. The Morgan fingerprint density at radius 2 is 2.05 bits per heavy atom. The van der Waals surface area contributed by atoms with Crippen LogP contribution in [0.2, 0.25) is 0 Å². The summed E-state index contributed by atoms with van der Waals surface area (Å²) < 4.78 is 7.13. The van der Waals surface area contributed by atoms with Gasteiger partial charge in [0.25, 0.3) is 0 Å². The topological polar surface area (TPSA) is 51.5 Å². The summed E-state index contributed by atoms with van der Waals surface area (Å²) in [5.41, 5.74) is 2.80. The Balaban J connectivity index is 2.15. The van der Waals surface area contributed by atoms with E-state index in [1.807, 2.05) is 42.8 Å². The fourth-order valence-corrected chi connectivity index (χ4v) is 3.30. The van der Waals surface area contributed by atoms with Crippen molar-refractivity contribution in [2.75, 3.05) is 19.5 Å². The van der Waals surface area contributed by atoms with Crippen LogP contribution in [0.25, 0.3) is 5.65 Å². The number of benzene rings is 1. The molecule has 114 valence electrons. The number of rotatable bonds is 5. The minimum absolute atomic E-state index is 0.500. The lowest BCUT2D eigenvalue weighted by Gasteiger charge is -2.05. The molecule has 0 saturated heterocycles. The van der Waals surface area contributed by atoms with Crippen molar-refractivity contribution in [3.8, 4) is 0 Å². The van der Waals surface area contributed by atoms with Crippen molar-refractivity contribution in [2.24, 2.45) is 0 Å². The molecule has 22 heavy (non-hydrogen) atoms. The highest BCUT2D eigenvalue weighted by Gasteiger charge is 2.17. The van der Waals surface area contributed by atoms with E-state index in [-0.39, 0.29) is 0 Å². The van der Waals surface area contributed by atoms with Crippen molar-refractivity contribution in [3.63, 3.8) is 0 Å². The Morgan fingerprint density at radius 3 is 2.73 bits per heavy atom. The van der Waals surface area contributed by atoms with Crippen molar-refractivity contribution in [1.29, 1.82) is 0 Å². The molecule has 1 aromatic carbocycles. The average Bonchev–Trinajstić information content (AvgIpc) is 2.87. The van der Waals surface area contributed by atoms with E-state index in [1.165, 1.54) is 0 Å². The third-order valence-electron chi connectivity index (χ3n) is 3.24. The number of fused-ring (bicyclic) bond motifs is 1. The van der Waals surface area contributed by atoms with Crippen LogP contribution in [0.5, 0.6) is 0 Å². The van der Waals surface area contributed by atoms with Gasteiger partial charge in [-0.2, -0.15) is 0 Å². The van der Waals surface area contributed by atoms with Crippen molar-refractivity contribution >= 4 is 23.2 Å². The molecule has 0 aliphatic rings. The molecule has 0 aliphatic carbocycles. The molecule has 0 aliphatic heterocycles. The Hall–Kier alpha value is -2.05. The van der Waals surface area contributed by atoms with Gasteiger partial charge < -0.3 is 10.1 Å². The zero-order valence-corrected chi connectivity index (χ0v) is 13.6. The van der Waals surface area contributed by atoms with E-state index in [0.717, 1.165) is 32.6 Å². The highest BCUT2D eigenvalue weighted by Crippen LogP contribution is 2.36. The second kappa shape index (κ2) is 6.37. The number of anilines is 1. The van der Waals surface area contributed by atoms with Gasteiger partial charge in [-0.05, 0) is 25.1 Å². The molecule has 5 nitrogen and oxygen atoms in total. The van der Waals surface area contributed by atoms with Crippen LogP contribution in [0.15, 0.2) is 46.2 Å². The van der Waals surface area contributed by atoms with Crippen LogP contribution in [0, 0.1) is 6.92 Å². The van der Waals surface area contributed by atoms with Crippen molar-refractivity contribution < 1.29 is 4.74 Å². The van der Waals surface area contributed by atoms with Gasteiger partial charge in [0.05, 0.1) is 12.3 Å². The molecule has 3 aromatic rings. The normalized spacial score (nSPS) is 11.0. The predicted octanol–water partition coefficient (Wildman–Crippen LogP) is 3.38. The monoisotopic (exact) mass is 314 g/mol. The molecule has 2 heterocycles. The lowest BCUT2D eigenvalue weighted by molar-refractivity contribution is 0.179. The summed E-state index contributed by atoms with van der Waals surface area (Å²) >= 11 is 1.66. The number of aryl methyl sites for hydroxylation is 1. The molecule has 1 N–H and O–H groups in total. The fraction of sp³-hybridized carbons (Fsp3) is 0.250. The molecular formula is C16H18N4OS. The van der Waals surface area contributed by atoms with Crippen LogP contribution in [-0.4, -0.2) is 28.8 Å². The van der Waals surface area contributed by atoms with Gasteiger partial charge in [-0.15, -0.1) is 5.10 Å². The molecule has 2 aromatic heterocycles. The maximum atomic E-state index is 5.28. The van der Waals surface area contributed by atoms with Crippen LogP contribution in [0.3, 0.4) is 0 Å². The summed E-state index contributed by atoms with van der Waals surface area (Å²) in [7, 11) is 3.56. The molecule has 0 saturated carbocycles. The van der Waals surface area contributed by atoms with Crippen molar-refractivity contribution in [1.82, 2.24) is 14.6 Å². The summed E-state index contributed by atoms with van der Waals surface area (Å²) in [5, 5.41) is 7.79. The third kappa shape index (κ3) is 2.80. The van der Waals surface area contributed by atoms with Crippen LogP contribution in [0.4, 0.5) is 5.82 Å². The minimum Gasteiger partial charge on any atom is -0.378 e. The van der Waals surface area contributed by atoms with E-state index >= 15 is 0 Å². The SMILES string of the molecule is CNc1nn2c(COC)cc(C)nc2c1Sc1ccccc1. The molecule has 0 unspecified atom stereocenters. The first-order chi connectivity index (χ1) is 10.7. The zero-order valence-electron chi connectivity index (χ0n) is 12.8. The lowest BCUT2D eigenvalue weighted by atomic mass is 10.3. The van der Waals surface area contributed by atoms with Crippen LogP contribution >= 0.6 is 11.8 Å². The first kappa shape index (κ1) is 14.9. The number of methoxy groups -OCH3 is 1. The van der Waals surface area contributed by atoms with E-state index in [0.29, 0.717) is 6.61 Å². The van der Waals surface area contributed by atoms with Crippen molar-refractivity contribution in [2.45, 2.75) is 23.3 Å². The van der Waals surface area contributed by atoms with Gasteiger partial charge in [0.2, 0.25) is 0 Å². The Morgan fingerprint density at radius 1 is 1.27 bits per heavy atom. The van der Waals surface area contributed by atoms with E-state index in [9.17, 15) is 0 Å². The summed E-state index contributed by atoms with van der Waals surface area (Å²) in [5.74, 6) is 0.823. The first-order valence-corrected chi connectivity index (χ1v) is 7.83. The van der Waals surface area contributed by atoms with Crippen LogP contribution < -0.4 is 5.32 Å². The second-order valence-electron chi connectivity index (χ2n) is 4.90. The van der Waals surface area contributed by atoms with Gasteiger partial charge in [-0.1, -0.05) is 30.0 Å². The van der Waals surface area contributed by atoms with Gasteiger partial charge in [0.15, 0.2) is 11.5 Å². The first-order valence-electron chi connectivity index (χ1n) is 7.01. The quantitative estimate of drug-likeness (QED) is 0.782. The molecule has 0 fully saturated rings. The number of hydrogen-bond acceptors (Lipinski definition) is 5. The van der Waals surface area contributed by atoms with Crippen LogP contribution in [-0.2, 0) is 11.3 Å². The van der Waals surface area contributed by atoms with E-state index in [2.05, 4.69) is 27.5 Å². The average molecular weight is 314 g/mol. The Bertz CT molecular complexity index is 786. The van der Waals surface area contributed by atoms with E-state index in [1.54, 1.807) is 18.9 Å². The Kier molecular flexibility index (Phi) is 4.31. The number of nitrogens with zero attached hydrogens (tertiary/aromatic N) is 3. The van der Waals surface area contributed by atoms with Gasteiger partial charge in [0.1, 0.15) is 4.90 Å². The van der Waals surface area contributed by atoms with Gasteiger partial charge >= 0.3 is 0 Å². The maximum Gasteiger partial charge on any atom is 0.171 e. The number of aromatic nitrogens is 3. The van der Waals surface area contributed by atoms with E-state index in [4.69, 9.17) is 4.74 Å². The number of ether oxygens (including phenoxy) is 1. The standard InChI is InChI=1S/C16H18N4OS/c1-11-9-12(10-21-3)20-16(18-11)14(15(17-2)19-20)22-13-7-5-4-6-8-13/h4-9H,10H2,1-3H3,(H,17,19). The molecule has 3 rings (SSSR count). The highest BCUT2D eigenvalue weighted by atomic mass is 32.2. The van der Waals surface area contributed by atoms with Gasteiger partial charge in [-0.25, -0.2) is 9.50 Å². The number of hydrogen-bond donors (Lipinski definition) is 1. The summed E-state index contributed by atoms with van der Waals surface area (Å²) in [6.45, 7) is 2.49. The molecule has 0 atom stereocenters. The molecule has 0 radical (unpaired) electrons. The maximum absolute atomic E-state index is 5.28. The van der Waals surface area contributed by atoms with Gasteiger partial charge in [0, 0.05) is 24.7 Å². The zero-order chi connectivity index (χ0) is 15.5. The Labute approximate surface area is 133 Å². The smallest absolute Gasteiger partial charge is 0.171 e. The summed E-state index contributed by atoms with van der Waals surface area (Å²) in [6.07, 6.45) is 0. The predicted molar refractivity (Wildman–Crippen MR) is 88.5 cm³/mol. The molecule has 0 bridgehead atoms. The van der Waals surface area contributed by atoms with Crippen LogP contribution in [0.1, 0.15) is 11.4 Å². The lowest BCUT2D eigenvalue weighted by Crippen LogP contribution is -2.03. The fourth-order valence-electron chi connectivity index (χ4n) is 2.31. The molecule has 0 amide bonds. The second-order valence-corrected chi connectivity index (χ2v) is 5.98. The largest absolute Gasteiger partial charge is 0.378 e. The van der Waals surface area contributed by atoms with Crippen molar-refractivity contribution in [3.05, 3.63) is 47.8 Å².